The highest BCUT2D eigenvalue weighted by Crippen LogP contribution is 2.38. The van der Waals surface area contributed by atoms with Gasteiger partial charge in [0, 0.05) is 19.5 Å². The van der Waals surface area contributed by atoms with Gasteiger partial charge in [0.05, 0.1) is 19.9 Å². The highest BCUT2D eigenvalue weighted by molar-refractivity contribution is 5.71. The molecule has 2 heterocycles. The molecule has 0 fully saturated rings. The van der Waals surface area contributed by atoms with E-state index in [1.165, 1.54) is 0 Å². The van der Waals surface area contributed by atoms with E-state index in [0.29, 0.717) is 17.4 Å². The number of hydrogen-bond acceptors (Lipinski definition) is 5. The molecule has 0 bridgehead atoms. The first kappa shape index (κ1) is 12.0. The molecule has 0 atom stereocenters. The summed E-state index contributed by atoms with van der Waals surface area (Å²) in [5.41, 5.74) is 1.73. The SMILES string of the molecule is COc1cccc(OC)c1-c1nc2c(o1)CCNC2. The van der Waals surface area contributed by atoms with Crippen LogP contribution in [0.25, 0.3) is 11.5 Å². The smallest absolute Gasteiger partial charge is 0.234 e. The number of benzene rings is 1. The van der Waals surface area contributed by atoms with Crippen LogP contribution in [0.15, 0.2) is 22.6 Å². The van der Waals surface area contributed by atoms with E-state index in [1.807, 2.05) is 18.2 Å². The third-order valence-electron chi connectivity index (χ3n) is 3.24. The molecule has 0 spiro atoms. The van der Waals surface area contributed by atoms with Gasteiger partial charge in [-0.15, -0.1) is 0 Å². The van der Waals surface area contributed by atoms with Gasteiger partial charge in [0.15, 0.2) is 0 Å². The van der Waals surface area contributed by atoms with Crippen LogP contribution >= 0.6 is 0 Å². The highest BCUT2D eigenvalue weighted by atomic mass is 16.5. The highest BCUT2D eigenvalue weighted by Gasteiger charge is 2.22. The van der Waals surface area contributed by atoms with Crippen LogP contribution in [0.1, 0.15) is 11.5 Å². The summed E-state index contributed by atoms with van der Waals surface area (Å²) in [6, 6.07) is 5.63. The third-order valence-corrected chi connectivity index (χ3v) is 3.24. The monoisotopic (exact) mass is 260 g/mol. The molecule has 1 aliphatic heterocycles. The van der Waals surface area contributed by atoms with Gasteiger partial charge in [0.1, 0.15) is 22.8 Å². The first-order chi connectivity index (χ1) is 9.33. The van der Waals surface area contributed by atoms with E-state index in [2.05, 4.69) is 10.3 Å². The molecule has 0 saturated carbocycles. The fourth-order valence-corrected chi connectivity index (χ4v) is 2.29. The van der Waals surface area contributed by atoms with E-state index in [9.17, 15) is 0 Å². The molecule has 0 unspecified atom stereocenters. The van der Waals surface area contributed by atoms with Gasteiger partial charge in [-0.1, -0.05) is 6.07 Å². The first-order valence-corrected chi connectivity index (χ1v) is 6.24. The number of oxazole rings is 1. The molecule has 1 aliphatic rings. The number of aromatic nitrogens is 1. The Balaban J connectivity index is 2.12. The molecule has 1 aromatic carbocycles. The van der Waals surface area contributed by atoms with Gasteiger partial charge in [0.2, 0.25) is 5.89 Å². The summed E-state index contributed by atoms with van der Waals surface area (Å²) in [7, 11) is 3.26. The lowest BCUT2D eigenvalue weighted by Crippen LogP contribution is -2.22. The largest absolute Gasteiger partial charge is 0.496 e. The fraction of sp³-hybridized carbons (Fsp3) is 0.357. The maximum Gasteiger partial charge on any atom is 0.234 e. The van der Waals surface area contributed by atoms with Crippen LogP contribution < -0.4 is 14.8 Å². The maximum absolute atomic E-state index is 5.87. The molecule has 2 aromatic rings. The predicted octanol–water partition coefficient (Wildman–Crippen LogP) is 2.00. The first-order valence-electron chi connectivity index (χ1n) is 6.24. The zero-order valence-corrected chi connectivity index (χ0v) is 11.0. The van der Waals surface area contributed by atoms with Crippen LogP contribution in [-0.4, -0.2) is 25.7 Å². The summed E-state index contributed by atoms with van der Waals surface area (Å²) in [4.78, 5) is 4.55. The number of methoxy groups -OCH3 is 2. The molecular formula is C14H16N2O3. The van der Waals surface area contributed by atoms with Gasteiger partial charge in [0.25, 0.3) is 0 Å². The third kappa shape index (κ3) is 2.06. The Labute approximate surface area is 111 Å². The minimum absolute atomic E-state index is 0.558. The molecule has 0 saturated heterocycles. The standard InChI is InChI=1S/C14H16N2O3/c1-17-11-4-3-5-12(18-2)13(11)14-16-9-8-15-7-6-10(9)19-14/h3-5,15H,6-8H2,1-2H3. The maximum atomic E-state index is 5.87. The molecule has 1 aromatic heterocycles. The quantitative estimate of drug-likeness (QED) is 0.914. The van der Waals surface area contributed by atoms with Crippen molar-refractivity contribution in [2.75, 3.05) is 20.8 Å². The van der Waals surface area contributed by atoms with Crippen molar-refractivity contribution >= 4 is 0 Å². The molecule has 3 rings (SSSR count). The predicted molar refractivity (Wildman–Crippen MR) is 70.5 cm³/mol. The second-order valence-electron chi connectivity index (χ2n) is 4.35. The minimum Gasteiger partial charge on any atom is -0.496 e. The second-order valence-corrected chi connectivity index (χ2v) is 4.35. The van der Waals surface area contributed by atoms with Gasteiger partial charge < -0.3 is 19.2 Å². The number of nitrogens with one attached hydrogen (secondary N) is 1. The van der Waals surface area contributed by atoms with Gasteiger partial charge in [-0.3, -0.25) is 0 Å². The molecule has 0 aliphatic carbocycles. The number of hydrogen-bond donors (Lipinski definition) is 1. The van der Waals surface area contributed by atoms with Crippen LogP contribution in [0.4, 0.5) is 0 Å². The number of rotatable bonds is 3. The van der Waals surface area contributed by atoms with Crippen molar-refractivity contribution in [1.29, 1.82) is 0 Å². The summed E-state index contributed by atoms with van der Waals surface area (Å²) < 4.78 is 16.6. The Kier molecular flexibility index (Phi) is 3.13. The van der Waals surface area contributed by atoms with Gasteiger partial charge >= 0.3 is 0 Å². The Morgan fingerprint density at radius 1 is 1.21 bits per heavy atom. The fourth-order valence-electron chi connectivity index (χ4n) is 2.29. The van der Waals surface area contributed by atoms with Crippen LogP contribution in [0, 0.1) is 0 Å². The zero-order valence-electron chi connectivity index (χ0n) is 11.0. The van der Waals surface area contributed by atoms with Gasteiger partial charge in [-0.2, -0.15) is 0 Å². The molecule has 1 N–H and O–H groups in total. The van der Waals surface area contributed by atoms with Crippen molar-refractivity contribution in [2.24, 2.45) is 0 Å². The summed E-state index contributed by atoms with van der Waals surface area (Å²) in [6.45, 7) is 1.67. The van der Waals surface area contributed by atoms with Crippen LogP contribution in [0.5, 0.6) is 11.5 Å². The van der Waals surface area contributed by atoms with Crippen molar-refractivity contribution in [3.8, 4) is 23.0 Å². The topological polar surface area (TPSA) is 56.5 Å². The average molecular weight is 260 g/mol. The summed E-state index contributed by atoms with van der Waals surface area (Å²) in [6.07, 6.45) is 0.861. The molecule has 19 heavy (non-hydrogen) atoms. The summed E-state index contributed by atoms with van der Waals surface area (Å²) >= 11 is 0. The molecule has 0 radical (unpaired) electrons. The average Bonchev–Trinajstić information content (AvgIpc) is 2.89. The lowest BCUT2D eigenvalue weighted by molar-refractivity contribution is 0.392. The number of nitrogens with zero attached hydrogens (tertiary/aromatic N) is 1. The minimum atomic E-state index is 0.558. The summed E-state index contributed by atoms with van der Waals surface area (Å²) in [5.74, 6) is 2.90. The van der Waals surface area contributed by atoms with Crippen molar-refractivity contribution in [2.45, 2.75) is 13.0 Å². The van der Waals surface area contributed by atoms with E-state index in [0.717, 1.165) is 36.5 Å². The molecule has 100 valence electrons. The van der Waals surface area contributed by atoms with E-state index in [1.54, 1.807) is 14.2 Å². The number of fused-ring (bicyclic) bond motifs is 1. The van der Waals surface area contributed by atoms with E-state index in [-0.39, 0.29) is 0 Å². The normalized spacial score (nSPS) is 14.0. The molecular weight excluding hydrogens is 244 g/mol. The Bertz CT molecular complexity index is 547. The van der Waals surface area contributed by atoms with Gasteiger partial charge in [-0.05, 0) is 12.1 Å². The molecule has 0 amide bonds. The van der Waals surface area contributed by atoms with Crippen LogP contribution in [0.3, 0.4) is 0 Å². The Morgan fingerprint density at radius 3 is 2.58 bits per heavy atom. The second kappa shape index (κ2) is 4.93. The zero-order chi connectivity index (χ0) is 13.2. The molecule has 5 nitrogen and oxygen atoms in total. The van der Waals surface area contributed by atoms with Crippen molar-refractivity contribution in [1.82, 2.24) is 10.3 Å². The Hall–Kier alpha value is -2.01. The van der Waals surface area contributed by atoms with Crippen LogP contribution in [-0.2, 0) is 13.0 Å². The van der Waals surface area contributed by atoms with Gasteiger partial charge in [-0.25, -0.2) is 4.98 Å². The number of ether oxygens (including phenoxy) is 2. The van der Waals surface area contributed by atoms with Crippen molar-refractivity contribution in [3.05, 3.63) is 29.7 Å². The lowest BCUT2D eigenvalue weighted by Gasteiger charge is -2.09. The lowest BCUT2D eigenvalue weighted by atomic mass is 10.1. The van der Waals surface area contributed by atoms with E-state index < -0.39 is 0 Å². The summed E-state index contributed by atoms with van der Waals surface area (Å²) in [5, 5.41) is 3.28. The van der Waals surface area contributed by atoms with E-state index >= 15 is 0 Å². The van der Waals surface area contributed by atoms with E-state index in [4.69, 9.17) is 13.9 Å². The van der Waals surface area contributed by atoms with Crippen LogP contribution in [0.2, 0.25) is 0 Å². The molecule has 5 heteroatoms. The van der Waals surface area contributed by atoms with Crippen molar-refractivity contribution < 1.29 is 13.9 Å². The Morgan fingerprint density at radius 2 is 1.95 bits per heavy atom. The van der Waals surface area contributed by atoms with Crippen molar-refractivity contribution in [3.63, 3.8) is 0 Å².